The molecule has 13 heavy (non-hydrogen) atoms. The molecule has 1 aliphatic carbocycles. The molecule has 0 amide bonds. The Kier molecular flexibility index (Phi) is 3.29. The monoisotopic (exact) mass is 197 g/mol. The van der Waals surface area contributed by atoms with Gasteiger partial charge in [-0.05, 0) is 12.8 Å². The van der Waals surface area contributed by atoms with Gasteiger partial charge in [-0.15, -0.1) is 11.8 Å². The van der Waals surface area contributed by atoms with E-state index in [4.69, 9.17) is 0 Å². The van der Waals surface area contributed by atoms with Crippen molar-refractivity contribution in [1.29, 1.82) is 5.26 Å². The average molecular weight is 197 g/mol. The molecule has 0 atom stereocenters. The lowest BCUT2D eigenvalue weighted by molar-refractivity contribution is 0.456. The summed E-state index contributed by atoms with van der Waals surface area (Å²) in [6, 6.07) is 2.54. The van der Waals surface area contributed by atoms with E-state index in [0.717, 1.165) is 12.8 Å². The third-order valence-electron chi connectivity index (χ3n) is 2.37. The van der Waals surface area contributed by atoms with Crippen molar-refractivity contribution in [2.75, 3.05) is 0 Å². The molecule has 0 aromatic carbocycles. The molecule has 0 aromatic rings. The van der Waals surface area contributed by atoms with Crippen LogP contribution in [0.15, 0.2) is 0 Å². The van der Waals surface area contributed by atoms with Gasteiger partial charge in [-0.25, -0.2) is 0 Å². The summed E-state index contributed by atoms with van der Waals surface area (Å²) in [4.78, 5) is 0. The maximum absolute atomic E-state index is 9.23. The Morgan fingerprint density at radius 2 is 1.69 bits per heavy atom. The van der Waals surface area contributed by atoms with Crippen LogP contribution in [-0.4, -0.2) is 9.49 Å². The van der Waals surface area contributed by atoms with E-state index in [1.165, 1.54) is 19.3 Å². The van der Waals surface area contributed by atoms with E-state index in [1.807, 2.05) is 11.8 Å². The molecule has 1 saturated carbocycles. The molecule has 2 heteroatoms. The maximum Gasteiger partial charge on any atom is 0.103 e. The van der Waals surface area contributed by atoms with E-state index >= 15 is 0 Å². The summed E-state index contributed by atoms with van der Waals surface area (Å²) >= 11 is 1.86. The zero-order chi connectivity index (χ0) is 9.95. The van der Waals surface area contributed by atoms with Crippen LogP contribution in [0, 0.1) is 11.3 Å². The van der Waals surface area contributed by atoms with E-state index in [0.29, 0.717) is 0 Å². The second-order valence-electron chi connectivity index (χ2n) is 4.88. The lowest BCUT2D eigenvalue weighted by Gasteiger charge is -2.35. The molecule has 1 nitrogen and oxygen atoms in total. The van der Waals surface area contributed by atoms with Gasteiger partial charge in [-0.1, -0.05) is 40.0 Å². The SMILES string of the molecule is CC(C)(C)SC1(C#N)CCCCC1. The van der Waals surface area contributed by atoms with Crippen LogP contribution in [0.2, 0.25) is 0 Å². The van der Waals surface area contributed by atoms with E-state index in [2.05, 4.69) is 26.8 Å². The van der Waals surface area contributed by atoms with E-state index in [-0.39, 0.29) is 9.49 Å². The molecule has 0 bridgehead atoms. The number of hydrogen-bond acceptors (Lipinski definition) is 2. The van der Waals surface area contributed by atoms with Gasteiger partial charge in [0.2, 0.25) is 0 Å². The maximum atomic E-state index is 9.23. The third kappa shape index (κ3) is 3.23. The predicted octanol–water partition coefficient (Wildman–Crippen LogP) is 3.74. The number of rotatable bonds is 1. The topological polar surface area (TPSA) is 23.8 Å². The number of nitrogens with zero attached hydrogens (tertiary/aromatic N) is 1. The zero-order valence-corrected chi connectivity index (χ0v) is 9.71. The van der Waals surface area contributed by atoms with Gasteiger partial charge in [0.15, 0.2) is 0 Å². The molecule has 0 spiro atoms. The fourth-order valence-corrected chi connectivity index (χ4v) is 3.66. The van der Waals surface area contributed by atoms with Crippen molar-refractivity contribution < 1.29 is 0 Å². The highest BCUT2D eigenvalue weighted by atomic mass is 32.2. The Morgan fingerprint density at radius 3 is 2.08 bits per heavy atom. The number of nitriles is 1. The van der Waals surface area contributed by atoms with Gasteiger partial charge >= 0.3 is 0 Å². The van der Waals surface area contributed by atoms with E-state index < -0.39 is 0 Å². The predicted molar refractivity (Wildman–Crippen MR) is 58.8 cm³/mol. The Balaban J connectivity index is 2.65. The third-order valence-corrected chi connectivity index (χ3v) is 3.87. The molecule has 1 aliphatic rings. The highest BCUT2D eigenvalue weighted by Gasteiger charge is 2.36. The van der Waals surface area contributed by atoms with Crippen molar-refractivity contribution in [2.24, 2.45) is 0 Å². The second kappa shape index (κ2) is 3.92. The first-order valence-corrected chi connectivity index (χ1v) is 5.91. The average Bonchev–Trinajstić information content (AvgIpc) is 2.03. The first kappa shape index (κ1) is 10.9. The van der Waals surface area contributed by atoms with Crippen molar-refractivity contribution in [2.45, 2.75) is 62.4 Å². The summed E-state index contributed by atoms with van der Waals surface area (Å²) in [5.41, 5.74) is 0. The van der Waals surface area contributed by atoms with Crippen LogP contribution in [0.4, 0.5) is 0 Å². The largest absolute Gasteiger partial charge is 0.197 e. The highest BCUT2D eigenvalue weighted by molar-refractivity contribution is 8.02. The van der Waals surface area contributed by atoms with Crippen LogP contribution in [-0.2, 0) is 0 Å². The van der Waals surface area contributed by atoms with Crippen LogP contribution in [0.5, 0.6) is 0 Å². The Bertz CT molecular complexity index is 203. The molecule has 0 unspecified atom stereocenters. The molecule has 0 N–H and O–H groups in total. The van der Waals surface area contributed by atoms with Gasteiger partial charge in [0.25, 0.3) is 0 Å². The van der Waals surface area contributed by atoms with Crippen LogP contribution >= 0.6 is 11.8 Å². The first-order chi connectivity index (χ1) is 5.97. The molecule has 0 radical (unpaired) electrons. The van der Waals surface area contributed by atoms with Gasteiger partial charge in [0, 0.05) is 4.75 Å². The summed E-state index contributed by atoms with van der Waals surface area (Å²) in [6.07, 6.45) is 5.96. The fraction of sp³-hybridized carbons (Fsp3) is 0.909. The molecule has 74 valence electrons. The van der Waals surface area contributed by atoms with Gasteiger partial charge < -0.3 is 0 Å². The number of thioether (sulfide) groups is 1. The summed E-state index contributed by atoms with van der Waals surface area (Å²) in [6.45, 7) is 6.60. The van der Waals surface area contributed by atoms with Gasteiger partial charge in [-0.2, -0.15) is 5.26 Å². The normalized spacial score (nSPS) is 22.3. The molecule has 0 aromatic heterocycles. The van der Waals surface area contributed by atoms with Crippen LogP contribution < -0.4 is 0 Å². The molecule has 0 saturated heterocycles. The lowest BCUT2D eigenvalue weighted by atomic mass is 9.89. The lowest BCUT2D eigenvalue weighted by Crippen LogP contribution is -2.30. The fourth-order valence-electron chi connectivity index (χ4n) is 1.95. The second-order valence-corrected chi connectivity index (χ2v) is 7.09. The minimum atomic E-state index is -0.0729. The van der Waals surface area contributed by atoms with Gasteiger partial charge in [-0.3, -0.25) is 0 Å². The zero-order valence-electron chi connectivity index (χ0n) is 8.89. The van der Waals surface area contributed by atoms with Crippen molar-refractivity contribution >= 4 is 11.8 Å². The van der Waals surface area contributed by atoms with Crippen molar-refractivity contribution in [3.63, 3.8) is 0 Å². The Hall–Kier alpha value is -0.160. The summed E-state index contributed by atoms with van der Waals surface area (Å²) in [5, 5.41) is 9.23. The minimum absolute atomic E-state index is 0.0729. The minimum Gasteiger partial charge on any atom is -0.197 e. The molecular formula is C11H19NS. The molecule has 0 aliphatic heterocycles. The molecular weight excluding hydrogens is 178 g/mol. The number of hydrogen-bond donors (Lipinski definition) is 0. The Labute approximate surface area is 85.9 Å². The summed E-state index contributed by atoms with van der Waals surface area (Å²) < 4.78 is 0.142. The standard InChI is InChI=1S/C11H19NS/c1-10(2,3)13-11(9-12)7-5-4-6-8-11/h4-8H2,1-3H3. The van der Waals surface area contributed by atoms with Crippen molar-refractivity contribution in [1.82, 2.24) is 0 Å². The van der Waals surface area contributed by atoms with E-state index in [9.17, 15) is 5.26 Å². The van der Waals surface area contributed by atoms with Crippen LogP contribution in [0.3, 0.4) is 0 Å². The van der Waals surface area contributed by atoms with E-state index in [1.54, 1.807) is 0 Å². The quantitative estimate of drug-likeness (QED) is 0.639. The van der Waals surface area contributed by atoms with Crippen LogP contribution in [0.1, 0.15) is 52.9 Å². The smallest absolute Gasteiger partial charge is 0.103 e. The summed E-state index contributed by atoms with van der Waals surface area (Å²) in [5.74, 6) is 0. The summed E-state index contributed by atoms with van der Waals surface area (Å²) in [7, 11) is 0. The molecule has 1 fully saturated rings. The van der Waals surface area contributed by atoms with Gasteiger partial charge in [0.1, 0.15) is 4.75 Å². The highest BCUT2D eigenvalue weighted by Crippen LogP contribution is 2.45. The van der Waals surface area contributed by atoms with Crippen molar-refractivity contribution in [3.8, 4) is 6.07 Å². The van der Waals surface area contributed by atoms with Crippen molar-refractivity contribution in [3.05, 3.63) is 0 Å². The van der Waals surface area contributed by atoms with Gasteiger partial charge in [0.05, 0.1) is 6.07 Å². The molecule has 0 heterocycles. The first-order valence-electron chi connectivity index (χ1n) is 5.09. The van der Waals surface area contributed by atoms with Crippen LogP contribution in [0.25, 0.3) is 0 Å². The molecule has 1 rings (SSSR count). The Morgan fingerprint density at radius 1 is 1.15 bits per heavy atom.